The quantitative estimate of drug-likeness (QED) is 0.316. The van der Waals surface area contributed by atoms with E-state index in [2.05, 4.69) is 12.1 Å². The van der Waals surface area contributed by atoms with Crippen molar-refractivity contribution < 1.29 is 17.9 Å². The highest BCUT2D eigenvalue weighted by Crippen LogP contribution is 2.27. The molecule has 0 N–H and O–H groups in total. The predicted octanol–water partition coefficient (Wildman–Crippen LogP) is 6.53. The van der Waals surface area contributed by atoms with Crippen LogP contribution in [0.3, 0.4) is 0 Å². The van der Waals surface area contributed by atoms with Crippen molar-refractivity contribution >= 4 is 9.84 Å². The number of hydrogen-bond acceptors (Lipinski definition) is 4. The molecule has 0 aromatic heterocycles. The molecule has 0 spiro atoms. The highest BCUT2D eigenvalue weighted by Gasteiger charge is 2.18. The lowest BCUT2D eigenvalue weighted by Crippen LogP contribution is -2.02. The number of benzene rings is 4. The van der Waals surface area contributed by atoms with Gasteiger partial charge in [-0.1, -0.05) is 30.3 Å². The highest BCUT2D eigenvalue weighted by atomic mass is 32.2. The van der Waals surface area contributed by atoms with Gasteiger partial charge in [-0.25, -0.2) is 8.42 Å². The Kier molecular flexibility index (Phi) is 6.52. The summed E-state index contributed by atoms with van der Waals surface area (Å²) in [5, 5.41) is 0. The third-order valence-electron chi connectivity index (χ3n) is 5.65. The summed E-state index contributed by atoms with van der Waals surface area (Å²) in [6.45, 7) is 3.87. The van der Waals surface area contributed by atoms with Crippen LogP contribution in [0.2, 0.25) is 0 Å². The molecule has 0 radical (unpaired) electrons. The summed E-state index contributed by atoms with van der Waals surface area (Å²) in [7, 11) is -1.91. The Balaban J connectivity index is 1.43. The fourth-order valence-electron chi connectivity index (χ4n) is 3.49. The molecule has 0 saturated carbocycles. The van der Waals surface area contributed by atoms with Crippen molar-refractivity contribution in [1.82, 2.24) is 0 Å². The van der Waals surface area contributed by atoms with E-state index in [1.165, 1.54) is 11.1 Å². The number of ether oxygens (including phenoxy) is 2. The zero-order valence-electron chi connectivity index (χ0n) is 18.9. The first-order chi connectivity index (χ1) is 15.8. The van der Waals surface area contributed by atoms with Crippen molar-refractivity contribution in [2.24, 2.45) is 0 Å². The number of rotatable bonds is 7. The van der Waals surface area contributed by atoms with Gasteiger partial charge >= 0.3 is 0 Å². The summed E-state index contributed by atoms with van der Waals surface area (Å²) < 4.78 is 37.0. The van der Waals surface area contributed by atoms with Gasteiger partial charge in [0.1, 0.15) is 17.2 Å². The average Bonchev–Trinajstić information content (AvgIpc) is 2.83. The molecule has 0 saturated heterocycles. The van der Waals surface area contributed by atoms with Crippen molar-refractivity contribution in [3.05, 3.63) is 113 Å². The predicted molar refractivity (Wildman–Crippen MR) is 130 cm³/mol. The smallest absolute Gasteiger partial charge is 0.206 e. The van der Waals surface area contributed by atoms with Gasteiger partial charge < -0.3 is 9.47 Å². The Morgan fingerprint density at radius 1 is 0.606 bits per heavy atom. The Hall–Kier alpha value is -3.57. The summed E-state index contributed by atoms with van der Waals surface area (Å²) in [6.07, 6.45) is 0.815. The van der Waals surface area contributed by atoms with Crippen LogP contribution in [0.5, 0.6) is 17.2 Å². The van der Waals surface area contributed by atoms with Gasteiger partial charge in [0.25, 0.3) is 0 Å². The first kappa shape index (κ1) is 22.6. The fourth-order valence-corrected chi connectivity index (χ4v) is 4.84. The number of hydrogen-bond donors (Lipinski definition) is 0. The van der Waals surface area contributed by atoms with E-state index in [-0.39, 0.29) is 4.90 Å². The Morgan fingerprint density at radius 3 is 1.61 bits per heavy atom. The van der Waals surface area contributed by atoms with Crippen molar-refractivity contribution in [2.75, 3.05) is 7.11 Å². The fraction of sp³-hybridized carbons (Fsp3) is 0.143. The van der Waals surface area contributed by atoms with Crippen molar-refractivity contribution in [1.29, 1.82) is 0 Å². The van der Waals surface area contributed by atoms with Crippen LogP contribution in [0, 0.1) is 13.8 Å². The first-order valence-electron chi connectivity index (χ1n) is 10.7. The van der Waals surface area contributed by atoms with Crippen LogP contribution in [0.15, 0.2) is 101 Å². The maximum Gasteiger partial charge on any atom is 0.206 e. The van der Waals surface area contributed by atoms with Gasteiger partial charge in [-0.05, 0) is 103 Å². The molecule has 4 nitrogen and oxygen atoms in total. The molecule has 0 heterocycles. The van der Waals surface area contributed by atoms with Gasteiger partial charge in [-0.15, -0.1) is 0 Å². The summed E-state index contributed by atoms with van der Waals surface area (Å²) in [6, 6.07) is 27.6. The number of sulfone groups is 1. The molecule has 5 heteroatoms. The number of aryl methyl sites for hydroxylation is 2. The van der Waals surface area contributed by atoms with Crippen molar-refractivity contribution in [2.45, 2.75) is 30.1 Å². The van der Waals surface area contributed by atoms with Gasteiger partial charge in [-0.2, -0.15) is 0 Å². The van der Waals surface area contributed by atoms with E-state index < -0.39 is 9.84 Å². The largest absolute Gasteiger partial charge is 0.497 e. The molecule has 4 aromatic rings. The molecule has 168 valence electrons. The van der Waals surface area contributed by atoms with Crippen LogP contribution in [0.1, 0.15) is 22.3 Å². The monoisotopic (exact) mass is 458 g/mol. The minimum atomic E-state index is -3.57. The Morgan fingerprint density at radius 2 is 1.09 bits per heavy atom. The third-order valence-corrected chi connectivity index (χ3v) is 7.42. The van der Waals surface area contributed by atoms with Crippen LogP contribution in [0.4, 0.5) is 0 Å². The molecule has 0 unspecified atom stereocenters. The maximum absolute atomic E-state index is 12.9. The molecule has 0 amide bonds. The lowest BCUT2D eigenvalue weighted by Gasteiger charge is -2.10. The third kappa shape index (κ3) is 5.26. The van der Waals surface area contributed by atoms with Gasteiger partial charge in [0, 0.05) is 0 Å². The van der Waals surface area contributed by atoms with E-state index in [1.54, 1.807) is 43.5 Å². The minimum Gasteiger partial charge on any atom is -0.497 e. The molecular weight excluding hydrogens is 432 g/mol. The van der Waals surface area contributed by atoms with Gasteiger partial charge in [0.15, 0.2) is 0 Å². The normalized spacial score (nSPS) is 11.2. The Bertz CT molecular complexity index is 1340. The maximum atomic E-state index is 12.9. The van der Waals surface area contributed by atoms with E-state index >= 15 is 0 Å². The molecule has 0 fully saturated rings. The van der Waals surface area contributed by atoms with E-state index in [9.17, 15) is 8.42 Å². The van der Waals surface area contributed by atoms with E-state index in [0.717, 1.165) is 23.3 Å². The van der Waals surface area contributed by atoms with Crippen LogP contribution in [-0.2, 0) is 16.3 Å². The highest BCUT2D eigenvalue weighted by molar-refractivity contribution is 7.91. The van der Waals surface area contributed by atoms with Crippen LogP contribution in [0.25, 0.3) is 0 Å². The lowest BCUT2D eigenvalue weighted by atomic mass is 10.0. The zero-order valence-corrected chi connectivity index (χ0v) is 19.7. The topological polar surface area (TPSA) is 52.6 Å². The number of methoxy groups -OCH3 is 1. The van der Waals surface area contributed by atoms with Crippen LogP contribution in [-0.4, -0.2) is 15.5 Å². The van der Waals surface area contributed by atoms with Gasteiger partial charge in [0.05, 0.1) is 16.9 Å². The van der Waals surface area contributed by atoms with E-state index in [1.807, 2.05) is 56.3 Å². The summed E-state index contributed by atoms with van der Waals surface area (Å²) in [5.74, 6) is 2.12. The molecule has 0 aliphatic rings. The van der Waals surface area contributed by atoms with Crippen molar-refractivity contribution in [3.8, 4) is 17.2 Å². The molecule has 33 heavy (non-hydrogen) atoms. The summed E-state index contributed by atoms with van der Waals surface area (Å²) in [4.78, 5) is 0.541. The molecule has 0 bridgehead atoms. The second-order valence-electron chi connectivity index (χ2n) is 7.99. The summed E-state index contributed by atoms with van der Waals surface area (Å²) >= 11 is 0. The second kappa shape index (κ2) is 9.51. The first-order valence-corrected chi connectivity index (χ1v) is 12.2. The second-order valence-corrected chi connectivity index (χ2v) is 9.94. The van der Waals surface area contributed by atoms with Crippen LogP contribution >= 0.6 is 0 Å². The Labute approximate surface area is 195 Å². The van der Waals surface area contributed by atoms with E-state index in [0.29, 0.717) is 16.4 Å². The minimum absolute atomic E-state index is 0.243. The molecule has 4 rings (SSSR count). The average molecular weight is 459 g/mol. The SMILES string of the molecule is COc1ccc(Cc2ccc(Oc3ccc(S(=O)(=O)c4ccc(C)c(C)c4)cc3)cc2)cc1. The molecule has 0 atom stereocenters. The standard InChI is InChI=1S/C28H26O4S/c1-20-4-15-28(18-21(20)2)33(29,30)27-16-13-26(14-17-27)32-25-11-7-23(8-12-25)19-22-5-9-24(31-3)10-6-22/h4-18H,19H2,1-3H3. The van der Waals surface area contributed by atoms with E-state index in [4.69, 9.17) is 9.47 Å². The molecule has 0 aliphatic carbocycles. The zero-order chi connectivity index (χ0) is 23.4. The lowest BCUT2D eigenvalue weighted by molar-refractivity contribution is 0.414. The molecule has 4 aromatic carbocycles. The van der Waals surface area contributed by atoms with Gasteiger partial charge in [0.2, 0.25) is 9.84 Å². The summed E-state index contributed by atoms with van der Waals surface area (Å²) in [5.41, 5.74) is 4.38. The van der Waals surface area contributed by atoms with Crippen LogP contribution < -0.4 is 9.47 Å². The molecule has 0 aliphatic heterocycles. The van der Waals surface area contributed by atoms with Crippen molar-refractivity contribution in [3.63, 3.8) is 0 Å². The molecular formula is C28H26O4S. The van der Waals surface area contributed by atoms with Gasteiger partial charge in [-0.3, -0.25) is 0 Å².